The number of hydrogen-bond acceptors (Lipinski definition) is 2. The SMILES string of the molecule is Cc1cc(C)c(C(=O)CN(C)CC2CCCCC2)cc1C. The van der Waals surface area contributed by atoms with Gasteiger partial charge in [-0.05, 0) is 69.3 Å². The Morgan fingerprint density at radius 1 is 1.05 bits per heavy atom. The molecule has 0 aromatic heterocycles. The molecule has 0 radical (unpaired) electrons. The van der Waals surface area contributed by atoms with Gasteiger partial charge in [-0.1, -0.05) is 25.3 Å². The Labute approximate surface area is 129 Å². The first-order valence-electron chi connectivity index (χ1n) is 8.27. The minimum Gasteiger partial charge on any atom is -0.299 e. The van der Waals surface area contributed by atoms with Gasteiger partial charge in [0.1, 0.15) is 0 Å². The summed E-state index contributed by atoms with van der Waals surface area (Å²) in [6.45, 7) is 7.83. The van der Waals surface area contributed by atoms with E-state index in [1.165, 1.54) is 43.2 Å². The van der Waals surface area contributed by atoms with Crippen molar-refractivity contribution < 1.29 is 4.79 Å². The Kier molecular flexibility index (Phi) is 5.58. The average molecular weight is 287 g/mol. The summed E-state index contributed by atoms with van der Waals surface area (Å²) in [7, 11) is 2.09. The van der Waals surface area contributed by atoms with Crippen molar-refractivity contribution in [2.45, 2.75) is 52.9 Å². The normalized spacial score (nSPS) is 16.4. The third kappa shape index (κ3) is 4.41. The van der Waals surface area contributed by atoms with E-state index in [1.807, 2.05) is 6.92 Å². The molecule has 0 aliphatic heterocycles. The minimum atomic E-state index is 0.258. The average Bonchev–Trinajstić information content (AvgIpc) is 2.43. The van der Waals surface area contributed by atoms with Crippen LogP contribution in [-0.4, -0.2) is 30.8 Å². The number of aryl methyl sites for hydroxylation is 3. The van der Waals surface area contributed by atoms with Crippen LogP contribution in [0.3, 0.4) is 0 Å². The number of likely N-dealkylation sites (N-methyl/N-ethyl adjacent to an activating group) is 1. The lowest BCUT2D eigenvalue weighted by Crippen LogP contribution is -2.32. The van der Waals surface area contributed by atoms with Gasteiger partial charge in [-0.25, -0.2) is 0 Å². The van der Waals surface area contributed by atoms with E-state index in [0.717, 1.165) is 23.6 Å². The molecule has 0 bridgehead atoms. The summed E-state index contributed by atoms with van der Waals surface area (Å²) in [5.74, 6) is 1.05. The van der Waals surface area contributed by atoms with Crippen LogP contribution >= 0.6 is 0 Å². The number of ketones is 1. The van der Waals surface area contributed by atoms with E-state index in [9.17, 15) is 4.79 Å². The van der Waals surface area contributed by atoms with Gasteiger partial charge in [0.2, 0.25) is 0 Å². The van der Waals surface area contributed by atoms with E-state index < -0.39 is 0 Å². The third-order valence-electron chi connectivity index (χ3n) is 4.85. The molecular weight excluding hydrogens is 258 g/mol. The summed E-state index contributed by atoms with van der Waals surface area (Å²) >= 11 is 0. The van der Waals surface area contributed by atoms with Crippen molar-refractivity contribution in [3.8, 4) is 0 Å². The van der Waals surface area contributed by atoms with Gasteiger partial charge < -0.3 is 0 Å². The first-order chi connectivity index (χ1) is 9.97. The second-order valence-electron chi connectivity index (χ2n) is 6.88. The fraction of sp³-hybridized carbons (Fsp3) is 0.632. The van der Waals surface area contributed by atoms with Gasteiger partial charge in [-0.15, -0.1) is 0 Å². The maximum absolute atomic E-state index is 12.5. The van der Waals surface area contributed by atoms with E-state index in [2.05, 4.69) is 37.9 Å². The third-order valence-corrected chi connectivity index (χ3v) is 4.85. The van der Waals surface area contributed by atoms with Crippen molar-refractivity contribution in [3.63, 3.8) is 0 Å². The largest absolute Gasteiger partial charge is 0.299 e. The Hall–Kier alpha value is -1.15. The molecule has 0 saturated heterocycles. The van der Waals surface area contributed by atoms with Crippen LogP contribution in [0.4, 0.5) is 0 Å². The van der Waals surface area contributed by atoms with Gasteiger partial charge in [0, 0.05) is 12.1 Å². The van der Waals surface area contributed by atoms with Gasteiger partial charge in [-0.3, -0.25) is 9.69 Å². The molecular formula is C19H29NO. The Balaban J connectivity index is 1.95. The maximum atomic E-state index is 12.5. The molecule has 1 aliphatic rings. The van der Waals surface area contributed by atoms with Crippen LogP contribution in [0, 0.1) is 26.7 Å². The van der Waals surface area contributed by atoms with Crippen LogP contribution < -0.4 is 0 Å². The topological polar surface area (TPSA) is 20.3 Å². The summed E-state index contributed by atoms with van der Waals surface area (Å²) in [5.41, 5.74) is 4.47. The number of benzene rings is 1. The fourth-order valence-electron chi connectivity index (χ4n) is 3.47. The predicted octanol–water partition coefficient (Wildman–Crippen LogP) is 4.31. The number of Topliss-reactive ketones (excluding diaryl/α,β-unsaturated/α-hetero) is 1. The van der Waals surface area contributed by atoms with Crippen molar-refractivity contribution in [2.24, 2.45) is 5.92 Å². The highest BCUT2D eigenvalue weighted by Gasteiger charge is 2.18. The van der Waals surface area contributed by atoms with Crippen molar-refractivity contribution in [1.82, 2.24) is 4.90 Å². The molecule has 0 N–H and O–H groups in total. The number of rotatable bonds is 5. The standard InChI is InChI=1S/C19H29NO/c1-14-10-16(3)18(11-15(14)2)19(21)13-20(4)12-17-8-6-5-7-9-17/h10-11,17H,5-9,12-13H2,1-4H3. The highest BCUT2D eigenvalue weighted by Crippen LogP contribution is 2.24. The summed E-state index contributed by atoms with van der Waals surface area (Å²) in [6, 6.07) is 4.19. The van der Waals surface area contributed by atoms with Crippen molar-refractivity contribution in [3.05, 3.63) is 34.4 Å². The highest BCUT2D eigenvalue weighted by atomic mass is 16.1. The molecule has 2 nitrogen and oxygen atoms in total. The van der Waals surface area contributed by atoms with E-state index in [1.54, 1.807) is 0 Å². The van der Waals surface area contributed by atoms with Crippen LogP contribution in [0.5, 0.6) is 0 Å². The number of hydrogen-bond donors (Lipinski definition) is 0. The second-order valence-corrected chi connectivity index (χ2v) is 6.88. The molecule has 1 aromatic rings. The van der Waals surface area contributed by atoms with Crippen molar-refractivity contribution in [1.29, 1.82) is 0 Å². The molecule has 0 atom stereocenters. The predicted molar refractivity (Wildman–Crippen MR) is 89.1 cm³/mol. The molecule has 1 saturated carbocycles. The minimum absolute atomic E-state index is 0.258. The zero-order chi connectivity index (χ0) is 15.4. The molecule has 1 fully saturated rings. The molecule has 116 valence electrons. The smallest absolute Gasteiger partial charge is 0.177 e. The molecule has 1 aromatic carbocycles. The van der Waals surface area contributed by atoms with Gasteiger partial charge in [0.15, 0.2) is 5.78 Å². The zero-order valence-electron chi connectivity index (χ0n) is 14.0. The van der Waals surface area contributed by atoms with Crippen molar-refractivity contribution in [2.75, 3.05) is 20.1 Å². The van der Waals surface area contributed by atoms with Crippen LogP contribution in [0.25, 0.3) is 0 Å². The summed E-state index contributed by atoms with van der Waals surface area (Å²) in [5, 5.41) is 0. The molecule has 21 heavy (non-hydrogen) atoms. The van der Waals surface area contributed by atoms with Crippen LogP contribution in [0.15, 0.2) is 12.1 Å². The van der Waals surface area contributed by atoms with Gasteiger partial charge in [0.05, 0.1) is 6.54 Å². The molecule has 0 spiro atoms. The van der Waals surface area contributed by atoms with Crippen molar-refractivity contribution >= 4 is 5.78 Å². The van der Waals surface area contributed by atoms with Crippen LogP contribution in [0.2, 0.25) is 0 Å². The quantitative estimate of drug-likeness (QED) is 0.752. The summed E-state index contributed by atoms with van der Waals surface area (Å²) in [4.78, 5) is 14.8. The lowest BCUT2D eigenvalue weighted by Gasteiger charge is -2.26. The van der Waals surface area contributed by atoms with E-state index >= 15 is 0 Å². The molecule has 0 amide bonds. The van der Waals surface area contributed by atoms with Gasteiger partial charge in [-0.2, -0.15) is 0 Å². The molecule has 0 unspecified atom stereocenters. The van der Waals surface area contributed by atoms with E-state index in [4.69, 9.17) is 0 Å². The zero-order valence-corrected chi connectivity index (χ0v) is 14.0. The monoisotopic (exact) mass is 287 g/mol. The van der Waals surface area contributed by atoms with Crippen LogP contribution in [-0.2, 0) is 0 Å². The second kappa shape index (κ2) is 7.22. The molecule has 0 heterocycles. The van der Waals surface area contributed by atoms with Gasteiger partial charge in [0.25, 0.3) is 0 Å². The summed E-state index contributed by atoms with van der Waals surface area (Å²) in [6.07, 6.45) is 6.79. The summed E-state index contributed by atoms with van der Waals surface area (Å²) < 4.78 is 0. The lowest BCUT2D eigenvalue weighted by molar-refractivity contribution is 0.0931. The Morgan fingerprint density at radius 2 is 1.67 bits per heavy atom. The molecule has 2 heteroatoms. The van der Waals surface area contributed by atoms with Crippen LogP contribution in [0.1, 0.15) is 59.2 Å². The Bertz CT molecular complexity index is 501. The molecule has 1 aliphatic carbocycles. The maximum Gasteiger partial charge on any atom is 0.177 e. The fourth-order valence-corrected chi connectivity index (χ4v) is 3.47. The lowest BCUT2D eigenvalue weighted by atomic mass is 9.89. The first kappa shape index (κ1) is 16.2. The first-order valence-corrected chi connectivity index (χ1v) is 8.27. The number of nitrogens with zero attached hydrogens (tertiary/aromatic N) is 1. The van der Waals surface area contributed by atoms with Gasteiger partial charge >= 0.3 is 0 Å². The van der Waals surface area contributed by atoms with E-state index in [0.29, 0.717) is 6.54 Å². The highest BCUT2D eigenvalue weighted by molar-refractivity contribution is 5.99. The molecule has 2 rings (SSSR count). The van der Waals surface area contributed by atoms with E-state index in [-0.39, 0.29) is 5.78 Å². The number of carbonyl (C=O) groups excluding carboxylic acids is 1. The Morgan fingerprint density at radius 3 is 2.33 bits per heavy atom. The number of carbonyl (C=O) groups is 1.